The molecule has 3 rings (SSSR count). The first-order valence-electron chi connectivity index (χ1n) is 5.18. The number of hydrogen-bond donors (Lipinski definition) is 1. The summed E-state index contributed by atoms with van der Waals surface area (Å²) in [6.07, 6.45) is 3.71. The Bertz CT molecular complexity index is 342. The summed E-state index contributed by atoms with van der Waals surface area (Å²) in [6.45, 7) is 2.00. The van der Waals surface area contributed by atoms with Crippen LogP contribution in [0.25, 0.3) is 0 Å². The molecule has 0 radical (unpaired) electrons. The Hall–Kier alpha value is -1.23. The quantitative estimate of drug-likeness (QED) is 0.775. The van der Waals surface area contributed by atoms with Gasteiger partial charge in [0.1, 0.15) is 6.10 Å². The van der Waals surface area contributed by atoms with E-state index in [0.717, 1.165) is 25.5 Å². The van der Waals surface area contributed by atoms with E-state index in [1.807, 2.05) is 0 Å². The molecule has 1 aromatic rings. The van der Waals surface area contributed by atoms with Crippen LogP contribution in [0.1, 0.15) is 6.42 Å². The van der Waals surface area contributed by atoms with Crippen molar-refractivity contribution in [3.63, 3.8) is 0 Å². The van der Waals surface area contributed by atoms with Crippen LogP contribution in [0, 0.1) is 17.7 Å². The lowest BCUT2D eigenvalue weighted by Gasteiger charge is -2.48. The molecule has 0 spiro atoms. The standard InChI is InChI=1S/C10H12FN3O/c11-8-4-13-10(14-5-8)15-9-6-1-7(9)3-12-2-6/h4-7,9,12H,1-3H2/t6-,7+,9?. The van der Waals surface area contributed by atoms with E-state index in [9.17, 15) is 4.39 Å². The zero-order valence-electron chi connectivity index (χ0n) is 8.19. The molecule has 1 saturated carbocycles. The molecule has 1 unspecified atom stereocenters. The third-order valence-electron chi connectivity index (χ3n) is 3.19. The van der Waals surface area contributed by atoms with Gasteiger partial charge in [0.25, 0.3) is 0 Å². The number of fused-ring (bicyclic) bond motifs is 2. The summed E-state index contributed by atoms with van der Waals surface area (Å²) in [7, 11) is 0. The third kappa shape index (κ3) is 1.56. The smallest absolute Gasteiger partial charge is 0.316 e. The Labute approximate surface area is 86.9 Å². The SMILES string of the molecule is Fc1cnc(OC2[C@@H]3CNC[C@H]2C3)nc1. The van der Waals surface area contributed by atoms with Crippen LogP contribution in [0.2, 0.25) is 0 Å². The minimum atomic E-state index is -0.433. The predicted octanol–water partition coefficient (Wildman–Crippen LogP) is 0.602. The van der Waals surface area contributed by atoms with Gasteiger partial charge in [-0.25, -0.2) is 14.4 Å². The lowest BCUT2D eigenvalue weighted by atomic mass is 9.69. The molecule has 0 amide bonds. The molecule has 3 atom stereocenters. The number of hydrogen-bond acceptors (Lipinski definition) is 4. The van der Waals surface area contributed by atoms with Gasteiger partial charge in [-0.3, -0.25) is 0 Å². The molecule has 2 fully saturated rings. The molecule has 1 aromatic heterocycles. The number of rotatable bonds is 2. The molecule has 1 aliphatic heterocycles. The molecule has 2 bridgehead atoms. The average Bonchev–Trinajstić information content (AvgIpc) is 2.29. The topological polar surface area (TPSA) is 47.0 Å². The van der Waals surface area contributed by atoms with Gasteiger partial charge < -0.3 is 10.1 Å². The van der Waals surface area contributed by atoms with Gasteiger partial charge in [-0.2, -0.15) is 0 Å². The van der Waals surface area contributed by atoms with E-state index in [1.54, 1.807) is 0 Å². The van der Waals surface area contributed by atoms with E-state index in [1.165, 1.54) is 6.42 Å². The van der Waals surface area contributed by atoms with Crippen molar-refractivity contribution in [1.29, 1.82) is 0 Å². The van der Waals surface area contributed by atoms with Crippen LogP contribution in [0.15, 0.2) is 12.4 Å². The van der Waals surface area contributed by atoms with Crippen molar-refractivity contribution in [2.24, 2.45) is 11.8 Å². The van der Waals surface area contributed by atoms with Crippen molar-refractivity contribution in [3.8, 4) is 6.01 Å². The van der Waals surface area contributed by atoms with Gasteiger partial charge in [0.05, 0.1) is 12.4 Å². The number of ether oxygens (including phenoxy) is 1. The molecule has 5 heteroatoms. The van der Waals surface area contributed by atoms with Crippen LogP contribution in [0.4, 0.5) is 4.39 Å². The van der Waals surface area contributed by atoms with Crippen molar-refractivity contribution in [2.45, 2.75) is 12.5 Å². The Morgan fingerprint density at radius 1 is 1.27 bits per heavy atom. The molecule has 1 aliphatic carbocycles. The van der Waals surface area contributed by atoms with Crippen LogP contribution in [-0.2, 0) is 0 Å². The largest absolute Gasteiger partial charge is 0.459 e. The maximum Gasteiger partial charge on any atom is 0.316 e. The highest BCUT2D eigenvalue weighted by molar-refractivity contribution is 5.03. The molecule has 2 heterocycles. The van der Waals surface area contributed by atoms with E-state index in [4.69, 9.17) is 4.74 Å². The molecular formula is C10H12FN3O. The molecule has 4 nitrogen and oxygen atoms in total. The van der Waals surface area contributed by atoms with Crippen molar-refractivity contribution in [1.82, 2.24) is 15.3 Å². The van der Waals surface area contributed by atoms with Gasteiger partial charge in [-0.05, 0) is 6.42 Å². The zero-order chi connectivity index (χ0) is 10.3. The first-order valence-corrected chi connectivity index (χ1v) is 5.18. The van der Waals surface area contributed by atoms with Gasteiger partial charge in [0, 0.05) is 24.9 Å². The number of nitrogens with zero attached hydrogens (tertiary/aromatic N) is 2. The average molecular weight is 209 g/mol. The molecular weight excluding hydrogens is 197 g/mol. The molecule has 1 N–H and O–H groups in total. The van der Waals surface area contributed by atoms with Crippen molar-refractivity contribution < 1.29 is 9.13 Å². The fraction of sp³-hybridized carbons (Fsp3) is 0.600. The van der Waals surface area contributed by atoms with Gasteiger partial charge in [0.2, 0.25) is 0 Å². The summed E-state index contributed by atoms with van der Waals surface area (Å²) >= 11 is 0. The summed E-state index contributed by atoms with van der Waals surface area (Å²) in [6, 6.07) is 0.290. The van der Waals surface area contributed by atoms with Crippen LogP contribution in [0.3, 0.4) is 0 Å². The second-order valence-electron chi connectivity index (χ2n) is 4.18. The number of aromatic nitrogens is 2. The first-order chi connectivity index (χ1) is 7.33. The van der Waals surface area contributed by atoms with Crippen molar-refractivity contribution >= 4 is 0 Å². The first kappa shape index (κ1) is 9.03. The Morgan fingerprint density at radius 3 is 2.53 bits per heavy atom. The number of nitrogens with one attached hydrogen (secondary N) is 1. The molecule has 0 aromatic carbocycles. The third-order valence-corrected chi connectivity index (χ3v) is 3.19. The zero-order valence-corrected chi connectivity index (χ0v) is 8.19. The summed E-state index contributed by atoms with van der Waals surface area (Å²) in [4.78, 5) is 7.60. The normalized spacial score (nSPS) is 33.3. The van der Waals surface area contributed by atoms with Crippen molar-refractivity contribution in [3.05, 3.63) is 18.2 Å². The summed E-state index contributed by atoms with van der Waals surface area (Å²) in [5, 5.41) is 3.33. The van der Waals surface area contributed by atoms with Crippen LogP contribution in [-0.4, -0.2) is 29.2 Å². The fourth-order valence-electron chi connectivity index (χ4n) is 2.37. The summed E-state index contributed by atoms with van der Waals surface area (Å²) in [5.41, 5.74) is 0. The second kappa shape index (κ2) is 3.41. The highest BCUT2D eigenvalue weighted by atomic mass is 19.1. The van der Waals surface area contributed by atoms with Crippen LogP contribution >= 0.6 is 0 Å². The van der Waals surface area contributed by atoms with Gasteiger partial charge in [0.15, 0.2) is 5.82 Å². The Balaban J connectivity index is 1.68. The predicted molar refractivity (Wildman–Crippen MR) is 50.9 cm³/mol. The Kier molecular flexibility index (Phi) is 2.05. The second-order valence-corrected chi connectivity index (χ2v) is 4.18. The monoisotopic (exact) mass is 209 g/mol. The highest BCUT2D eigenvalue weighted by Crippen LogP contribution is 2.38. The van der Waals surface area contributed by atoms with Gasteiger partial charge in [-0.15, -0.1) is 0 Å². The number of piperidine rings is 2. The summed E-state index contributed by atoms with van der Waals surface area (Å²) < 4.78 is 18.2. The lowest BCUT2D eigenvalue weighted by molar-refractivity contribution is -0.0497. The highest BCUT2D eigenvalue weighted by Gasteiger charge is 2.45. The van der Waals surface area contributed by atoms with Crippen LogP contribution in [0.5, 0.6) is 6.01 Å². The molecule has 15 heavy (non-hydrogen) atoms. The maximum absolute atomic E-state index is 12.6. The number of halogens is 1. The maximum atomic E-state index is 12.6. The van der Waals surface area contributed by atoms with E-state index in [2.05, 4.69) is 15.3 Å². The lowest BCUT2D eigenvalue weighted by Crippen LogP contribution is -2.59. The van der Waals surface area contributed by atoms with Gasteiger partial charge in [-0.1, -0.05) is 0 Å². The van der Waals surface area contributed by atoms with E-state index in [-0.39, 0.29) is 12.1 Å². The molecule has 80 valence electrons. The van der Waals surface area contributed by atoms with E-state index >= 15 is 0 Å². The minimum Gasteiger partial charge on any atom is -0.459 e. The molecule has 1 saturated heterocycles. The van der Waals surface area contributed by atoms with E-state index in [0.29, 0.717) is 11.8 Å². The minimum absolute atomic E-state index is 0.219. The van der Waals surface area contributed by atoms with E-state index < -0.39 is 5.82 Å². The van der Waals surface area contributed by atoms with Crippen molar-refractivity contribution in [2.75, 3.05) is 13.1 Å². The fourth-order valence-corrected chi connectivity index (χ4v) is 2.37. The Morgan fingerprint density at radius 2 is 1.93 bits per heavy atom. The van der Waals surface area contributed by atoms with Crippen LogP contribution < -0.4 is 10.1 Å². The van der Waals surface area contributed by atoms with Gasteiger partial charge >= 0.3 is 6.01 Å². The summed E-state index contributed by atoms with van der Waals surface area (Å²) in [5.74, 6) is 0.702. The molecule has 2 aliphatic rings.